The standard InChI is InChI=1S/C21H17N3O2/c1-26-19-12-13(10-11-18(19)25)20-22-15-7-3-2-6-14(15)21-23-16-8-4-5-9-17(16)24(20)21/h2-12,20,22,25H,1H3/t20-/m1/s1. The number of phenols is 1. The topological polar surface area (TPSA) is 59.3 Å². The first-order valence-corrected chi connectivity index (χ1v) is 8.46. The van der Waals surface area contributed by atoms with Gasteiger partial charge < -0.3 is 15.2 Å². The minimum Gasteiger partial charge on any atom is -0.504 e. The monoisotopic (exact) mass is 343 g/mol. The molecule has 2 N–H and O–H groups in total. The molecular weight excluding hydrogens is 326 g/mol. The summed E-state index contributed by atoms with van der Waals surface area (Å²) in [7, 11) is 1.56. The zero-order valence-corrected chi connectivity index (χ0v) is 14.2. The van der Waals surface area contributed by atoms with E-state index in [0.29, 0.717) is 5.75 Å². The summed E-state index contributed by atoms with van der Waals surface area (Å²) in [6.07, 6.45) is -0.151. The third kappa shape index (κ3) is 2.07. The third-order valence-corrected chi connectivity index (χ3v) is 4.83. The lowest BCUT2D eigenvalue weighted by Gasteiger charge is -2.30. The molecule has 26 heavy (non-hydrogen) atoms. The van der Waals surface area contributed by atoms with Crippen LogP contribution in [0.15, 0.2) is 66.7 Å². The van der Waals surface area contributed by atoms with E-state index < -0.39 is 0 Å². The molecule has 0 saturated carbocycles. The summed E-state index contributed by atoms with van der Waals surface area (Å²) in [4.78, 5) is 4.87. The zero-order chi connectivity index (χ0) is 17.7. The minimum atomic E-state index is -0.151. The molecule has 5 rings (SSSR count). The Hall–Kier alpha value is -3.47. The Morgan fingerprint density at radius 3 is 2.73 bits per heavy atom. The van der Waals surface area contributed by atoms with Gasteiger partial charge in [-0.25, -0.2) is 4.98 Å². The van der Waals surface area contributed by atoms with Crippen molar-refractivity contribution in [2.45, 2.75) is 6.17 Å². The molecule has 0 spiro atoms. The third-order valence-electron chi connectivity index (χ3n) is 4.83. The van der Waals surface area contributed by atoms with E-state index in [1.807, 2.05) is 42.5 Å². The largest absolute Gasteiger partial charge is 0.504 e. The second kappa shape index (κ2) is 5.52. The normalized spacial score (nSPS) is 15.2. The molecule has 3 aromatic carbocycles. The van der Waals surface area contributed by atoms with Crippen LogP contribution in [0.2, 0.25) is 0 Å². The van der Waals surface area contributed by atoms with Gasteiger partial charge in [-0.05, 0) is 42.0 Å². The second-order valence-corrected chi connectivity index (χ2v) is 6.32. The number of benzene rings is 3. The molecule has 5 heteroatoms. The molecule has 4 aromatic rings. The summed E-state index contributed by atoms with van der Waals surface area (Å²) < 4.78 is 7.50. The van der Waals surface area contributed by atoms with Gasteiger partial charge in [-0.2, -0.15) is 0 Å². The molecular formula is C21H17N3O2. The summed E-state index contributed by atoms with van der Waals surface area (Å²) in [5.41, 5.74) is 5.11. The van der Waals surface area contributed by atoms with Crippen LogP contribution < -0.4 is 10.1 Å². The smallest absolute Gasteiger partial charge is 0.160 e. The molecule has 0 fully saturated rings. The molecule has 2 heterocycles. The number of hydrogen-bond donors (Lipinski definition) is 2. The van der Waals surface area contributed by atoms with Crippen LogP contribution in [0.1, 0.15) is 11.7 Å². The first-order chi connectivity index (χ1) is 12.8. The number of phenolic OH excluding ortho intramolecular Hbond substituents is 1. The van der Waals surface area contributed by atoms with E-state index in [-0.39, 0.29) is 11.9 Å². The summed E-state index contributed by atoms with van der Waals surface area (Å²) >= 11 is 0. The maximum Gasteiger partial charge on any atom is 0.160 e. The molecule has 5 nitrogen and oxygen atoms in total. The first-order valence-electron chi connectivity index (χ1n) is 8.46. The van der Waals surface area contributed by atoms with Gasteiger partial charge in [0.1, 0.15) is 12.0 Å². The van der Waals surface area contributed by atoms with Gasteiger partial charge in [0.2, 0.25) is 0 Å². The average Bonchev–Trinajstić information content (AvgIpc) is 3.08. The molecule has 1 aromatic heterocycles. The van der Waals surface area contributed by atoms with Crippen molar-refractivity contribution in [2.75, 3.05) is 12.4 Å². The second-order valence-electron chi connectivity index (χ2n) is 6.32. The van der Waals surface area contributed by atoms with Gasteiger partial charge >= 0.3 is 0 Å². The number of methoxy groups -OCH3 is 1. The van der Waals surface area contributed by atoms with Crippen molar-refractivity contribution in [1.29, 1.82) is 0 Å². The van der Waals surface area contributed by atoms with Crippen LogP contribution in [-0.4, -0.2) is 21.8 Å². The molecule has 0 unspecified atom stereocenters. The highest BCUT2D eigenvalue weighted by molar-refractivity contribution is 5.86. The van der Waals surface area contributed by atoms with E-state index >= 15 is 0 Å². The van der Waals surface area contributed by atoms with Crippen molar-refractivity contribution < 1.29 is 9.84 Å². The maximum absolute atomic E-state index is 9.95. The highest BCUT2D eigenvalue weighted by Crippen LogP contribution is 2.41. The lowest BCUT2D eigenvalue weighted by molar-refractivity contribution is 0.372. The van der Waals surface area contributed by atoms with Crippen LogP contribution in [-0.2, 0) is 0 Å². The van der Waals surface area contributed by atoms with E-state index in [9.17, 15) is 5.11 Å². The lowest BCUT2D eigenvalue weighted by Crippen LogP contribution is -2.24. The van der Waals surface area contributed by atoms with Crippen molar-refractivity contribution in [3.05, 3.63) is 72.3 Å². The van der Waals surface area contributed by atoms with Gasteiger partial charge in [0.05, 0.1) is 18.1 Å². The molecule has 1 aliphatic heterocycles. The van der Waals surface area contributed by atoms with Gasteiger partial charge in [0, 0.05) is 11.3 Å². The summed E-state index contributed by atoms with van der Waals surface area (Å²) in [5, 5.41) is 13.6. The number of hydrogen-bond acceptors (Lipinski definition) is 4. The Morgan fingerprint density at radius 1 is 1.04 bits per heavy atom. The van der Waals surface area contributed by atoms with E-state index in [2.05, 4.69) is 28.1 Å². The van der Waals surface area contributed by atoms with Gasteiger partial charge in [-0.3, -0.25) is 4.57 Å². The van der Waals surface area contributed by atoms with Crippen LogP contribution in [0.25, 0.3) is 22.4 Å². The van der Waals surface area contributed by atoms with E-state index in [0.717, 1.165) is 33.7 Å². The van der Waals surface area contributed by atoms with Gasteiger partial charge in [0.15, 0.2) is 11.5 Å². The van der Waals surface area contributed by atoms with Crippen LogP contribution in [0, 0.1) is 0 Å². The molecule has 1 atom stereocenters. The van der Waals surface area contributed by atoms with Gasteiger partial charge in [-0.1, -0.05) is 30.3 Å². The minimum absolute atomic E-state index is 0.128. The number of fused-ring (bicyclic) bond motifs is 5. The van der Waals surface area contributed by atoms with Gasteiger partial charge in [-0.15, -0.1) is 0 Å². The number of para-hydroxylation sites is 3. The highest BCUT2D eigenvalue weighted by Gasteiger charge is 2.28. The van der Waals surface area contributed by atoms with Crippen LogP contribution in [0.5, 0.6) is 11.5 Å². The SMILES string of the molecule is COc1cc([C@@H]2Nc3ccccc3-c3nc4ccccc4n32)ccc1O. The first kappa shape index (κ1) is 14.8. The molecule has 0 saturated heterocycles. The highest BCUT2D eigenvalue weighted by atomic mass is 16.5. The number of imidazole rings is 1. The predicted molar refractivity (Wildman–Crippen MR) is 102 cm³/mol. The van der Waals surface area contributed by atoms with Crippen molar-refractivity contribution in [1.82, 2.24) is 9.55 Å². The lowest BCUT2D eigenvalue weighted by atomic mass is 10.1. The average molecular weight is 343 g/mol. The fourth-order valence-corrected chi connectivity index (χ4v) is 3.61. The van der Waals surface area contributed by atoms with E-state index in [1.165, 1.54) is 0 Å². The number of aromatic hydroxyl groups is 1. The number of anilines is 1. The van der Waals surface area contributed by atoms with E-state index in [4.69, 9.17) is 9.72 Å². The molecule has 0 bridgehead atoms. The van der Waals surface area contributed by atoms with Crippen molar-refractivity contribution in [3.8, 4) is 22.9 Å². The molecule has 1 aliphatic rings. The summed E-state index contributed by atoms with van der Waals surface area (Å²) in [5.74, 6) is 1.51. The Morgan fingerprint density at radius 2 is 1.85 bits per heavy atom. The molecule has 0 aliphatic carbocycles. The Labute approximate surface area is 150 Å². The number of aromatic nitrogens is 2. The Bertz CT molecular complexity index is 1130. The zero-order valence-electron chi connectivity index (χ0n) is 14.2. The molecule has 0 amide bonds. The quantitative estimate of drug-likeness (QED) is 0.567. The fraction of sp³-hybridized carbons (Fsp3) is 0.0952. The number of ether oxygens (including phenoxy) is 1. The number of nitrogens with one attached hydrogen (secondary N) is 1. The fourth-order valence-electron chi connectivity index (χ4n) is 3.61. The Balaban J connectivity index is 1.79. The summed E-state index contributed by atoms with van der Waals surface area (Å²) in [6.45, 7) is 0. The van der Waals surface area contributed by atoms with Crippen molar-refractivity contribution >= 4 is 16.7 Å². The van der Waals surface area contributed by atoms with Crippen LogP contribution >= 0.6 is 0 Å². The van der Waals surface area contributed by atoms with Crippen molar-refractivity contribution in [3.63, 3.8) is 0 Å². The summed E-state index contributed by atoms with van der Waals surface area (Å²) in [6, 6.07) is 21.7. The maximum atomic E-state index is 9.95. The number of rotatable bonds is 2. The van der Waals surface area contributed by atoms with Crippen LogP contribution in [0.3, 0.4) is 0 Å². The Kier molecular flexibility index (Phi) is 3.15. The molecule has 128 valence electrons. The number of nitrogens with zero attached hydrogens (tertiary/aromatic N) is 2. The molecule has 0 radical (unpaired) electrons. The van der Waals surface area contributed by atoms with Crippen molar-refractivity contribution in [2.24, 2.45) is 0 Å². The van der Waals surface area contributed by atoms with Crippen LogP contribution in [0.4, 0.5) is 5.69 Å². The van der Waals surface area contributed by atoms with E-state index in [1.54, 1.807) is 13.2 Å². The van der Waals surface area contributed by atoms with Gasteiger partial charge in [0.25, 0.3) is 0 Å². The predicted octanol–water partition coefficient (Wildman–Crippen LogP) is 4.39.